The number of ether oxygens (including phenoxy) is 1. The van der Waals surface area contributed by atoms with Crippen molar-refractivity contribution >= 4 is 29.4 Å². The molecule has 7 heteroatoms. The fraction of sp³-hybridized carbons (Fsp3) is 0.222. The molecule has 2 aliphatic heterocycles. The fourth-order valence-electron chi connectivity index (χ4n) is 7.70. The van der Waals surface area contributed by atoms with E-state index in [1.165, 1.54) is 4.90 Å². The van der Waals surface area contributed by atoms with Crippen LogP contribution in [0.3, 0.4) is 0 Å². The number of benzene rings is 4. The number of imide groups is 1. The summed E-state index contributed by atoms with van der Waals surface area (Å²) in [6.07, 6.45) is 0.0850. The summed E-state index contributed by atoms with van der Waals surface area (Å²) in [5, 5.41) is 0. The summed E-state index contributed by atoms with van der Waals surface area (Å²) in [4.78, 5) is 56.9. The van der Waals surface area contributed by atoms with Crippen LogP contribution in [0.2, 0.25) is 0 Å². The highest BCUT2D eigenvalue weighted by Gasteiger charge is 2.61. The Morgan fingerprint density at radius 1 is 0.698 bits per heavy atom. The molecule has 0 unspecified atom stereocenters. The number of rotatable bonds is 5. The molecule has 2 saturated heterocycles. The van der Waals surface area contributed by atoms with E-state index in [0.29, 0.717) is 12.2 Å². The van der Waals surface area contributed by atoms with Crippen molar-refractivity contribution in [3.63, 3.8) is 0 Å². The van der Waals surface area contributed by atoms with E-state index in [0.717, 1.165) is 27.8 Å². The zero-order chi connectivity index (χ0) is 29.2. The summed E-state index contributed by atoms with van der Waals surface area (Å²) in [5.41, 5.74) is 5.85. The third kappa shape index (κ3) is 3.95. The SMILES string of the molecule is O=C(Oc1cccc(N2C(=O)[C@@H]3C4c5ccccc5C(c5ccccc54)[C@@H]3C2=O)c1)[C@@H]1CC(=O)N(Cc2ccccc2)C1. The normalized spacial score (nSPS) is 25.0. The lowest BCUT2D eigenvalue weighted by Crippen LogP contribution is -2.41. The Morgan fingerprint density at radius 2 is 1.26 bits per heavy atom. The first-order valence-electron chi connectivity index (χ1n) is 14.7. The molecule has 3 amide bonds. The predicted octanol–water partition coefficient (Wildman–Crippen LogP) is 5.04. The van der Waals surface area contributed by atoms with Crippen molar-refractivity contribution < 1.29 is 23.9 Å². The van der Waals surface area contributed by atoms with Gasteiger partial charge in [-0.2, -0.15) is 0 Å². The highest BCUT2D eigenvalue weighted by molar-refractivity contribution is 6.23. The first-order valence-corrected chi connectivity index (χ1v) is 14.7. The standard InChI is InChI=1S/C36H28N2O5/c39-29-17-22(20-37(29)19-21-9-2-1-3-10-21)36(42)43-24-12-8-11-23(18-24)38-34(40)32-30-25-13-4-5-14-26(25)31(33(32)35(38)41)28-16-7-6-15-27(28)30/h1-16,18,22,30-33H,17,19-20H2/t22-,30?,31?,32-,33+/m1/s1. The van der Waals surface area contributed by atoms with E-state index < -0.39 is 23.7 Å². The quantitative estimate of drug-likeness (QED) is 0.191. The van der Waals surface area contributed by atoms with Crippen molar-refractivity contribution in [1.29, 1.82) is 0 Å². The number of anilines is 1. The summed E-state index contributed by atoms with van der Waals surface area (Å²) in [6, 6.07) is 32.5. The number of likely N-dealkylation sites (tertiary alicyclic amines) is 1. The molecule has 3 aliphatic carbocycles. The van der Waals surface area contributed by atoms with Gasteiger partial charge < -0.3 is 9.64 Å². The Morgan fingerprint density at radius 3 is 1.84 bits per heavy atom. The predicted molar refractivity (Wildman–Crippen MR) is 158 cm³/mol. The molecule has 0 spiro atoms. The molecule has 5 aliphatic rings. The highest BCUT2D eigenvalue weighted by atomic mass is 16.5. The average molecular weight is 569 g/mol. The lowest BCUT2D eigenvalue weighted by molar-refractivity contribution is -0.139. The van der Waals surface area contributed by atoms with Gasteiger partial charge in [-0.3, -0.25) is 19.2 Å². The number of carbonyl (C=O) groups excluding carboxylic acids is 4. The second-order valence-electron chi connectivity index (χ2n) is 11.9. The van der Waals surface area contributed by atoms with Gasteiger partial charge in [0.25, 0.3) is 0 Å². The van der Waals surface area contributed by atoms with E-state index >= 15 is 0 Å². The number of amides is 3. The minimum absolute atomic E-state index is 0.0850. The highest BCUT2D eigenvalue weighted by Crippen LogP contribution is 2.61. The molecule has 2 fully saturated rings. The van der Waals surface area contributed by atoms with Crippen LogP contribution in [0.4, 0.5) is 5.69 Å². The zero-order valence-corrected chi connectivity index (χ0v) is 23.3. The number of nitrogens with zero attached hydrogens (tertiary/aromatic N) is 2. The van der Waals surface area contributed by atoms with E-state index in [2.05, 4.69) is 24.3 Å². The van der Waals surface area contributed by atoms with Crippen molar-refractivity contribution in [3.05, 3.63) is 131 Å². The molecule has 2 heterocycles. The summed E-state index contributed by atoms with van der Waals surface area (Å²) in [6.45, 7) is 0.721. The zero-order valence-electron chi connectivity index (χ0n) is 23.3. The van der Waals surface area contributed by atoms with Crippen molar-refractivity contribution in [2.45, 2.75) is 24.8 Å². The van der Waals surface area contributed by atoms with Crippen LogP contribution in [0.15, 0.2) is 103 Å². The van der Waals surface area contributed by atoms with Crippen molar-refractivity contribution in [1.82, 2.24) is 4.90 Å². The maximum absolute atomic E-state index is 14.1. The topological polar surface area (TPSA) is 84.0 Å². The molecule has 2 bridgehead atoms. The number of carbonyl (C=O) groups is 4. The molecule has 0 aromatic heterocycles. The van der Waals surface area contributed by atoms with Gasteiger partial charge in [-0.1, -0.05) is 84.9 Å². The molecular formula is C36H28N2O5. The molecule has 3 atom stereocenters. The van der Waals surface area contributed by atoms with E-state index in [1.807, 2.05) is 54.6 Å². The lowest BCUT2D eigenvalue weighted by atomic mass is 9.55. The van der Waals surface area contributed by atoms with Gasteiger partial charge in [0.2, 0.25) is 17.7 Å². The maximum atomic E-state index is 14.1. The van der Waals surface area contributed by atoms with Crippen molar-refractivity contribution in [3.8, 4) is 5.75 Å². The second-order valence-corrected chi connectivity index (χ2v) is 11.9. The van der Waals surface area contributed by atoms with Gasteiger partial charge in [-0.15, -0.1) is 0 Å². The smallest absolute Gasteiger partial charge is 0.316 e. The maximum Gasteiger partial charge on any atom is 0.316 e. The van der Waals surface area contributed by atoms with Crippen LogP contribution in [0, 0.1) is 17.8 Å². The Kier molecular flexibility index (Phi) is 5.83. The molecule has 4 aromatic carbocycles. The summed E-state index contributed by atoms with van der Waals surface area (Å²) in [7, 11) is 0. The van der Waals surface area contributed by atoms with E-state index in [4.69, 9.17) is 4.74 Å². The Balaban J connectivity index is 1.04. The van der Waals surface area contributed by atoms with Gasteiger partial charge in [-0.25, -0.2) is 4.90 Å². The summed E-state index contributed by atoms with van der Waals surface area (Å²) < 4.78 is 5.72. The fourth-order valence-corrected chi connectivity index (χ4v) is 7.70. The first kappa shape index (κ1) is 25.7. The van der Waals surface area contributed by atoms with E-state index in [9.17, 15) is 19.2 Å². The van der Waals surface area contributed by atoms with Crippen LogP contribution in [0.1, 0.15) is 46.1 Å². The first-order chi connectivity index (χ1) is 21.0. The van der Waals surface area contributed by atoms with Gasteiger partial charge in [0.15, 0.2) is 0 Å². The summed E-state index contributed by atoms with van der Waals surface area (Å²) >= 11 is 0. The van der Waals surface area contributed by atoms with Crippen molar-refractivity contribution in [2.24, 2.45) is 17.8 Å². The lowest BCUT2D eigenvalue weighted by Gasteiger charge is -2.45. The largest absolute Gasteiger partial charge is 0.426 e. The number of hydrogen-bond acceptors (Lipinski definition) is 5. The van der Waals surface area contributed by atoms with Gasteiger partial charge in [-0.05, 0) is 39.9 Å². The molecule has 43 heavy (non-hydrogen) atoms. The van der Waals surface area contributed by atoms with Gasteiger partial charge in [0.1, 0.15) is 5.75 Å². The van der Waals surface area contributed by atoms with Crippen LogP contribution in [-0.4, -0.2) is 35.1 Å². The van der Waals surface area contributed by atoms with Crippen LogP contribution < -0.4 is 9.64 Å². The van der Waals surface area contributed by atoms with Gasteiger partial charge in [0, 0.05) is 37.4 Å². The molecule has 0 radical (unpaired) electrons. The molecule has 212 valence electrons. The van der Waals surface area contributed by atoms with Gasteiger partial charge >= 0.3 is 5.97 Å². The molecule has 7 nitrogen and oxygen atoms in total. The van der Waals surface area contributed by atoms with Crippen molar-refractivity contribution in [2.75, 3.05) is 11.4 Å². The third-order valence-corrected chi connectivity index (χ3v) is 9.51. The summed E-state index contributed by atoms with van der Waals surface area (Å²) in [5.74, 6) is -2.77. The average Bonchev–Trinajstić information content (AvgIpc) is 3.53. The Hall–Kier alpha value is -5.04. The van der Waals surface area contributed by atoms with Crippen LogP contribution >= 0.6 is 0 Å². The molecular weight excluding hydrogens is 540 g/mol. The third-order valence-electron chi connectivity index (χ3n) is 9.51. The van der Waals surface area contributed by atoms with Crippen LogP contribution in [0.5, 0.6) is 5.75 Å². The number of esters is 1. The minimum atomic E-state index is -0.592. The van der Waals surface area contributed by atoms with Crippen LogP contribution in [-0.2, 0) is 25.7 Å². The van der Waals surface area contributed by atoms with E-state index in [-0.39, 0.29) is 48.3 Å². The molecule has 4 aromatic rings. The molecule has 0 saturated carbocycles. The minimum Gasteiger partial charge on any atom is -0.426 e. The second kappa shape index (κ2) is 9.76. The van der Waals surface area contributed by atoms with Gasteiger partial charge in [0.05, 0.1) is 23.4 Å². The van der Waals surface area contributed by atoms with E-state index in [1.54, 1.807) is 29.2 Å². The Labute approximate surface area is 248 Å². The number of hydrogen-bond donors (Lipinski definition) is 0. The Bertz CT molecular complexity index is 1700. The van der Waals surface area contributed by atoms with Crippen LogP contribution in [0.25, 0.3) is 0 Å². The molecule has 0 N–H and O–H groups in total. The molecule has 9 rings (SSSR count). The monoisotopic (exact) mass is 568 g/mol.